The molecule has 6 heteroatoms. The Morgan fingerprint density at radius 2 is 2.10 bits per heavy atom. The van der Waals surface area contributed by atoms with Crippen LogP contribution in [0.5, 0.6) is 0 Å². The van der Waals surface area contributed by atoms with Crippen LogP contribution < -0.4 is 10.6 Å². The number of primary amides is 1. The van der Waals surface area contributed by atoms with E-state index in [9.17, 15) is 9.59 Å². The Hall–Kier alpha value is -2.11. The van der Waals surface area contributed by atoms with Gasteiger partial charge in [-0.2, -0.15) is 0 Å². The van der Waals surface area contributed by atoms with Gasteiger partial charge >= 0.3 is 5.97 Å². The predicted octanol–water partition coefficient (Wildman–Crippen LogP) is 0.970. The van der Waals surface area contributed by atoms with Crippen LogP contribution in [-0.4, -0.2) is 35.1 Å². The molecule has 0 radical (unpaired) electrons. The molecule has 0 unspecified atom stereocenters. The molecule has 1 aliphatic rings. The average Bonchev–Trinajstić information content (AvgIpc) is 2.43. The Labute approximate surface area is 117 Å². The van der Waals surface area contributed by atoms with Gasteiger partial charge in [-0.15, -0.1) is 0 Å². The van der Waals surface area contributed by atoms with Crippen molar-refractivity contribution in [1.82, 2.24) is 4.98 Å². The number of carboxylic acid groups (broad SMARTS) is 1. The Balaban J connectivity index is 2.48. The van der Waals surface area contributed by atoms with Gasteiger partial charge in [0.05, 0.1) is 5.56 Å². The SMILES string of the molecule is CCN(CC(=O)O)c1nc2c(cc1C(N)=O)CCCC2. The smallest absolute Gasteiger partial charge is 0.323 e. The fourth-order valence-electron chi connectivity index (χ4n) is 2.54. The molecule has 1 aromatic rings. The van der Waals surface area contributed by atoms with Crippen molar-refractivity contribution in [3.8, 4) is 0 Å². The van der Waals surface area contributed by atoms with Crippen molar-refractivity contribution in [2.45, 2.75) is 32.6 Å². The Morgan fingerprint density at radius 3 is 2.70 bits per heavy atom. The molecule has 0 aliphatic heterocycles. The van der Waals surface area contributed by atoms with E-state index in [1.54, 1.807) is 11.0 Å². The van der Waals surface area contributed by atoms with Gasteiger partial charge in [0.2, 0.25) is 0 Å². The highest BCUT2D eigenvalue weighted by molar-refractivity contribution is 5.98. The molecule has 0 bridgehead atoms. The molecule has 0 aromatic carbocycles. The number of hydrogen-bond donors (Lipinski definition) is 2. The molecule has 108 valence electrons. The number of carboxylic acids is 1. The summed E-state index contributed by atoms with van der Waals surface area (Å²) in [6.45, 7) is 2.09. The van der Waals surface area contributed by atoms with Gasteiger partial charge in [0, 0.05) is 12.2 Å². The Kier molecular flexibility index (Phi) is 4.22. The summed E-state index contributed by atoms with van der Waals surface area (Å²) in [6.07, 6.45) is 3.92. The number of likely N-dealkylation sites (N-methyl/N-ethyl adjacent to an activating group) is 1. The van der Waals surface area contributed by atoms with Crippen LogP contribution >= 0.6 is 0 Å². The topological polar surface area (TPSA) is 96.5 Å². The number of amides is 1. The lowest BCUT2D eigenvalue weighted by molar-refractivity contribution is -0.135. The van der Waals surface area contributed by atoms with Crippen LogP contribution in [0.3, 0.4) is 0 Å². The molecule has 2 rings (SSSR count). The van der Waals surface area contributed by atoms with Crippen LogP contribution in [0, 0.1) is 0 Å². The minimum absolute atomic E-state index is 0.192. The van der Waals surface area contributed by atoms with Crippen molar-refractivity contribution >= 4 is 17.7 Å². The predicted molar refractivity (Wildman–Crippen MR) is 74.9 cm³/mol. The number of fused-ring (bicyclic) bond motifs is 1. The second-order valence-corrected chi connectivity index (χ2v) is 4.94. The Bertz CT molecular complexity index is 543. The average molecular weight is 277 g/mol. The molecule has 1 aromatic heterocycles. The molecule has 0 saturated heterocycles. The van der Waals surface area contributed by atoms with Crippen LogP contribution in [0.1, 0.15) is 41.4 Å². The van der Waals surface area contributed by atoms with Gasteiger partial charge in [-0.3, -0.25) is 9.59 Å². The van der Waals surface area contributed by atoms with E-state index in [-0.39, 0.29) is 6.54 Å². The van der Waals surface area contributed by atoms with E-state index in [0.29, 0.717) is 17.9 Å². The van der Waals surface area contributed by atoms with E-state index < -0.39 is 11.9 Å². The second kappa shape index (κ2) is 5.90. The third-order valence-electron chi connectivity index (χ3n) is 3.55. The van der Waals surface area contributed by atoms with E-state index >= 15 is 0 Å². The van der Waals surface area contributed by atoms with Crippen molar-refractivity contribution in [3.05, 3.63) is 22.9 Å². The molecule has 0 atom stereocenters. The summed E-state index contributed by atoms with van der Waals surface area (Å²) in [5.74, 6) is -1.13. The first-order chi connectivity index (χ1) is 9.52. The van der Waals surface area contributed by atoms with Crippen molar-refractivity contribution in [3.63, 3.8) is 0 Å². The third-order valence-corrected chi connectivity index (χ3v) is 3.55. The quantitative estimate of drug-likeness (QED) is 0.836. The highest BCUT2D eigenvalue weighted by atomic mass is 16.4. The lowest BCUT2D eigenvalue weighted by Crippen LogP contribution is -2.33. The zero-order valence-corrected chi connectivity index (χ0v) is 11.6. The molecular weight excluding hydrogens is 258 g/mol. The van der Waals surface area contributed by atoms with Crippen molar-refractivity contribution in [2.75, 3.05) is 18.0 Å². The molecule has 20 heavy (non-hydrogen) atoms. The number of nitrogens with two attached hydrogens (primary N) is 1. The van der Waals surface area contributed by atoms with Crippen molar-refractivity contribution < 1.29 is 14.7 Å². The van der Waals surface area contributed by atoms with Gasteiger partial charge in [0.15, 0.2) is 0 Å². The molecule has 0 fully saturated rings. The number of carbonyl (C=O) groups is 2. The minimum Gasteiger partial charge on any atom is -0.480 e. The maximum absolute atomic E-state index is 11.6. The number of carbonyl (C=O) groups excluding carboxylic acids is 1. The number of nitrogens with zero attached hydrogens (tertiary/aromatic N) is 2. The Morgan fingerprint density at radius 1 is 1.40 bits per heavy atom. The summed E-state index contributed by atoms with van der Waals surface area (Å²) in [4.78, 5) is 28.6. The van der Waals surface area contributed by atoms with Crippen LogP contribution in [0.15, 0.2) is 6.07 Å². The van der Waals surface area contributed by atoms with Gasteiger partial charge in [-0.1, -0.05) is 0 Å². The molecule has 0 saturated carbocycles. The van der Waals surface area contributed by atoms with Gasteiger partial charge in [-0.05, 0) is 44.2 Å². The van der Waals surface area contributed by atoms with Gasteiger partial charge in [0.25, 0.3) is 5.91 Å². The number of aliphatic carboxylic acids is 1. The summed E-state index contributed by atoms with van der Waals surface area (Å²) in [7, 11) is 0. The standard InChI is InChI=1S/C14H19N3O3/c1-2-17(8-12(18)19)14-10(13(15)20)7-9-5-3-4-6-11(9)16-14/h7H,2-6,8H2,1H3,(H2,15,20)(H,18,19). The highest BCUT2D eigenvalue weighted by Crippen LogP contribution is 2.26. The van der Waals surface area contributed by atoms with E-state index in [1.165, 1.54) is 0 Å². The number of pyridine rings is 1. The normalized spacial score (nSPS) is 13.7. The largest absolute Gasteiger partial charge is 0.480 e. The fourth-order valence-corrected chi connectivity index (χ4v) is 2.54. The molecule has 0 spiro atoms. The molecule has 3 N–H and O–H groups in total. The lowest BCUT2D eigenvalue weighted by atomic mass is 9.94. The summed E-state index contributed by atoms with van der Waals surface area (Å²) < 4.78 is 0. The van der Waals surface area contributed by atoms with Crippen LogP contribution in [0.2, 0.25) is 0 Å². The first-order valence-electron chi connectivity index (χ1n) is 6.82. The number of aryl methyl sites for hydroxylation is 2. The van der Waals surface area contributed by atoms with E-state index in [2.05, 4.69) is 4.98 Å². The van der Waals surface area contributed by atoms with Crippen molar-refractivity contribution in [1.29, 1.82) is 0 Å². The molecular formula is C14H19N3O3. The molecule has 1 heterocycles. The molecule has 6 nitrogen and oxygen atoms in total. The summed E-state index contributed by atoms with van der Waals surface area (Å²) >= 11 is 0. The second-order valence-electron chi connectivity index (χ2n) is 4.94. The first kappa shape index (κ1) is 14.3. The lowest BCUT2D eigenvalue weighted by Gasteiger charge is -2.25. The molecule has 1 aliphatic carbocycles. The third kappa shape index (κ3) is 2.89. The maximum Gasteiger partial charge on any atom is 0.323 e. The monoisotopic (exact) mass is 277 g/mol. The number of aromatic nitrogens is 1. The summed E-state index contributed by atoms with van der Waals surface area (Å²) in [5.41, 5.74) is 7.75. The van der Waals surface area contributed by atoms with E-state index in [1.807, 2.05) is 6.92 Å². The van der Waals surface area contributed by atoms with Crippen LogP contribution in [0.25, 0.3) is 0 Å². The zero-order valence-electron chi connectivity index (χ0n) is 11.6. The number of rotatable bonds is 5. The maximum atomic E-state index is 11.6. The number of hydrogen-bond acceptors (Lipinski definition) is 4. The zero-order chi connectivity index (χ0) is 14.7. The van der Waals surface area contributed by atoms with Gasteiger partial charge in [-0.25, -0.2) is 4.98 Å². The van der Waals surface area contributed by atoms with Crippen LogP contribution in [-0.2, 0) is 17.6 Å². The summed E-state index contributed by atoms with van der Waals surface area (Å²) in [5, 5.41) is 8.96. The highest BCUT2D eigenvalue weighted by Gasteiger charge is 2.22. The first-order valence-corrected chi connectivity index (χ1v) is 6.82. The van der Waals surface area contributed by atoms with Crippen LogP contribution in [0.4, 0.5) is 5.82 Å². The van der Waals surface area contributed by atoms with Gasteiger partial charge in [0.1, 0.15) is 12.4 Å². The summed E-state index contributed by atoms with van der Waals surface area (Å²) in [6, 6.07) is 1.78. The van der Waals surface area contributed by atoms with E-state index in [4.69, 9.17) is 10.8 Å². The van der Waals surface area contributed by atoms with Gasteiger partial charge < -0.3 is 15.7 Å². The van der Waals surface area contributed by atoms with E-state index in [0.717, 1.165) is 36.9 Å². The fraction of sp³-hybridized carbons (Fsp3) is 0.500. The molecule has 1 amide bonds. The van der Waals surface area contributed by atoms with Crippen molar-refractivity contribution in [2.24, 2.45) is 5.73 Å². The minimum atomic E-state index is -0.957. The number of anilines is 1.